The number of thioether (sulfide) groups is 1. The molecule has 3 N–H and O–H groups in total. The van der Waals surface area contributed by atoms with Gasteiger partial charge in [-0.15, -0.1) is 11.3 Å². The zero-order chi connectivity index (χ0) is 20.6. The van der Waals surface area contributed by atoms with Crippen molar-refractivity contribution in [1.82, 2.24) is 9.97 Å². The molecule has 4 rings (SSSR count). The van der Waals surface area contributed by atoms with Crippen LogP contribution in [-0.2, 0) is 27.7 Å². The molecular formula is C19H20N4O3S3. The number of fused-ring (bicyclic) bond motifs is 3. The fraction of sp³-hybridized carbons (Fsp3) is 0.316. The van der Waals surface area contributed by atoms with E-state index in [2.05, 4.69) is 15.3 Å². The SMILES string of the molecule is CC(Sc1ncnc2sc3c(c12)CCCC3)C(=O)Nc1ccc(S(N)(=O)=O)cc1. The van der Waals surface area contributed by atoms with Gasteiger partial charge >= 0.3 is 0 Å². The van der Waals surface area contributed by atoms with Gasteiger partial charge in [0.1, 0.15) is 16.2 Å². The summed E-state index contributed by atoms with van der Waals surface area (Å²) in [4.78, 5) is 23.9. The Kier molecular flexibility index (Phi) is 5.60. The minimum atomic E-state index is -3.76. The fourth-order valence-corrected chi connectivity index (χ4v) is 6.10. The van der Waals surface area contributed by atoms with Gasteiger partial charge in [-0.2, -0.15) is 0 Å². The maximum Gasteiger partial charge on any atom is 0.238 e. The maximum atomic E-state index is 12.6. The highest BCUT2D eigenvalue weighted by atomic mass is 32.2. The number of rotatable bonds is 5. The quantitative estimate of drug-likeness (QED) is 0.457. The second-order valence-corrected chi connectivity index (χ2v) is 10.9. The topological polar surface area (TPSA) is 115 Å². The lowest BCUT2D eigenvalue weighted by atomic mass is 9.97. The van der Waals surface area contributed by atoms with Gasteiger partial charge in [0.05, 0.1) is 10.1 Å². The molecule has 0 saturated carbocycles. The second kappa shape index (κ2) is 8.02. The first-order valence-electron chi connectivity index (χ1n) is 9.18. The number of aryl methyl sites for hydroxylation is 2. The Morgan fingerprint density at radius 3 is 2.66 bits per heavy atom. The van der Waals surface area contributed by atoms with Crippen LogP contribution in [0.1, 0.15) is 30.2 Å². The van der Waals surface area contributed by atoms with Crippen LogP contribution in [0.4, 0.5) is 5.69 Å². The maximum absolute atomic E-state index is 12.6. The van der Waals surface area contributed by atoms with Crippen LogP contribution in [0.5, 0.6) is 0 Å². The van der Waals surface area contributed by atoms with E-state index in [1.54, 1.807) is 17.7 Å². The van der Waals surface area contributed by atoms with Crippen LogP contribution in [0.15, 0.2) is 40.5 Å². The number of carbonyl (C=O) groups excluding carboxylic acids is 1. The zero-order valence-electron chi connectivity index (χ0n) is 15.7. The second-order valence-electron chi connectivity index (χ2n) is 6.89. The summed E-state index contributed by atoms with van der Waals surface area (Å²) in [7, 11) is -3.76. The summed E-state index contributed by atoms with van der Waals surface area (Å²) < 4.78 is 22.7. The highest BCUT2D eigenvalue weighted by Gasteiger charge is 2.23. The molecule has 2 heterocycles. The number of primary sulfonamides is 1. The van der Waals surface area contributed by atoms with Crippen molar-refractivity contribution in [2.45, 2.75) is 47.8 Å². The fourth-order valence-electron chi connectivity index (χ4n) is 3.34. The molecule has 0 fully saturated rings. The molecule has 1 aliphatic rings. The molecule has 152 valence electrons. The number of hydrogen-bond donors (Lipinski definition) is 2. The molecule has 7 nitrogen and oxygen atoms in total. The minimum absolute atomic E-state index is 0.00327. The first-order valence-corrected chi connectivity index (χ1v) is 12.4. The van der Waals surface area contributed by atoms with E-state index >= 15 is 0 Å². The van der Waals surface area contributed by atoms with Gasteiger partial charge in [-0.05, 0) is 62.4 Å². The van der Waals surface area contributed by atoms with Crippen LogP contribution < -0.4 is 10.5 Å². The summed E-state index contributed by atoms with van der Waals surface area (Å²) in [6, 6.07) is 5.78. The van der Waals surface area contributed by atoms with Gasteiger partial charge in [-0.1, -0.05) is 11.8 Å². The van der Waals surface area contributed by atoms with Gasteiger partial charge in [0.25, 0.3) is 0 Å². The van der Waals surface area contributed by atoms with Gasteiger partial charge in [0.15, 0.2) is 0 Å². The lowest BCUT2D eigenvalue weighted by molar-refractivity contribution is -0.115. The summed E-state index contributed by atoms with van der Waals surface area (Å²) in [6.07, 6.45) is 6.06. The summed E-state index contributed by atoms with van der Waals surface area (Å²) in [5, 5.41) is 9.45. The van der Waals surface area contributed by atoms with Crippen LogP contribution in [0.25, 0.3) is 10.2 Å². The van der Waals surface area contributed by atoms with Crippen LogP contribution in [0.3, 0.4) is 0 Å². The number of nitrogens with zero attached hydrogens (tertiary/aromatic N) is 2. The van der Waals surface area contributed by atoms with Crippen molar-refractivity contribution in [2.75, 3.05) is 5.32 Å². The molecule has 0 spiro atoms. The van der Waals surface area contributed by atoms with Crippen LogP contribution in [0, 0.1) is 0 Å². The van der Waals surface area contributed by atoms with Crippen LogP contribution in [0.2, 0.25) is 0 Å². The number of nitrogens with two attached hydrogens (primary N) is 1. The number of thiophene rings is 1. The predicted molar refractivity (Wildman–Crippen MR) is 116 cm³/mol. The predicted octanol–water partition coefficient (Wildman–Crippen LogP) is 3.34. The number of benzene rings is 1. The van der Waals surface area contributed by atoms with Crippen molar-refractivity contribution in [2.24, 2.45) is 5.14 Å². The molecule has 0 saturated heterocycles. The average Bonchev–Trinajstić information content (AvgIpc) is 3.07. The largest absolute Gasteiger partial charge is 0.325 e. The number of sulfonamides is 1. The van der Waals surface area contributed by atoms with Crippen molar-refractivity contribution in [3.63, 3.8) is 0 Å². The third-order valence-corrected chi connectivity index (χ3v) is 8.05. The molecule has 29 heavy (non-hydrogen) atoms. The van der Waals surface area contributed by atoms with Gasteiger partial charge in [0, 0.05) is 16.0 Å². The third kappa shape index (κ3) is 4.30. The summed E-state index contributed by atoms with van der Waals surface area (Å²) in [5.74, 6) is -0.186. The van der Waals surface area contributed by atoms with Gasteiger partial charge in [-0.25, -0.2) is 23.5 Å². The molecule has 1 aliphatic carbocycles. The van der Waals surface area contributed by atoms with Crippen LogP contribution >= 0.6 is 23.1 Å². The number of nitrogens with one attached hydrogen (secondary N) is 1. The summed E-state index contributed by atoms with van der Waals surface area (Å²) in [5.41, 5.74) is 1.85. The van der Waals surface area contributed by atoms with Crippen molar-refractivity contribution in [3.05, 3.63) is 41.0 Å². The Balaban J connectivity index is 1.51. The minimum Gasteiger partial charge on any atom is -0.325 e. The van der Waals surface area contributed by atoms with E-state index in [1.807, 2.05) is 6.92 Å². The monoisotopic (exact) mass is 448 g/mol. The average molecular weight is 449 g/mol. The van der Waals surface area contributed by atoms with Gasteiger partial charge in [-0.3, -0.25) is 4.79 Å². The highest BCUT2D eigenvalue weighted by molar-refractivity contribution is 8.00. The molecule has 1 amide bonds. The first-order chi connectivity index (χ1) is 13.8. The zero-order valence-corrected chi connectivity index (χ0v) is 18.2. The Morgan fingerprint density at radius 1 is 1.21 bits per heavy atom. The molecule has 0 radical (unpaired) electrons. The van der Waals surface area contributed by atoms with E-state index < -0.39 is 10.0 Å². The van der Waals surface area contributed by atoms with E-state index in [9.17, 15) is 13.2 Å². The number of anilines is 1. The molecule has 2 aromatic heterocycles. The number of hydrogen-bond acceptors (Lipinski definition) is 7. The molecule has 1 aromatic carbocycles. The highest BCUT2D eigenvalue weighted by Crippen LogP contribution is 2.40. The first kappa shape index (κ1) is 20.3. The molecule has 1 atom stereocenters. The standard InChI is InChI=1S/C19H20N4O3S3/c1-11(17(24)23-12-6-8-13(9-7-12)29(20,25)26)27-18-16-14-4-2-3-5-15(14)28-19(16)22-10-21-18/h6-11H,2-5H2,1H3,(H,23,24)(H2,20,25,26). The number of carbonyl (C=O) groups is 1. The Morgan fingerprint density at radius 2 is 1.93 bits per heavy atom. The Hall–Kier alpha value is -2.01. The number of aromatic nitrogens is 2. The van der Waals surface area contributed by atoms with Crippen molar-refractivity contribution < 1.29 is 13.2 Å². The van der Waals surface area contributed by atoms with E-state index in [0.717, 1.165) is 28.1 Å². The molecule has 0 aliphatic heterocycles. The van der Waals surface area contributed by atoms with Crippen LogP contribution in [-0.4, -0.2) is 29.5 Å². The van der Waals surface area contributed by atoms with E-state index in [0.29, 0.717) is 5.69 Å². The summed E-state index contributed by atoms with van der Waals surface area (Å²) in [6.45, 7) is 1.82. The third-order valence-electron chi connectivity index (χ3n) is 4.82. The van der Waals surface area contributed by atoms with Crippen molar-refractivity contribution in [3.8, 4) is 0 Å². The lowest BCUT2D eigenvalue weighted by Crippen LogP contribution is -2.22. The molecule has 3 aromatic rings. The van der Waals surface area contributed by atoms with E-state index in [-0.39, 0.29) is 16.1 Å². The molecule has 1 unspecified atom stereocenters. The molecule has 10 heteroatoms. The smallest absolute Gasteiger partial charge is 0.238 e. The van der Waals surface area contributed by atoms with Gasteiger partial charge < -0.3 is 5.32 Å². The number of amides is 1. The summed E-state index contributed by atoms with van der Waals surface area (Å²) >= 11 is 3.14. The van der Waals surface area contributed by atoms with E-state index in [4.69, 9.17) is 5.14 Å². The Labute approximate surface area is 177 Å². The normalized spacial score (nSPS) is 15.1. The van der Waals surface area contributed by atoms with Crippen molar-refractivity contribution >= 4 is 54.9 Å². The van der Waals surface area contributed by atoms with E-state index in [1.165, 1.54) is 59.3 Å². The lowest BCUT2D eigenvalue weighted by Gasteiger charge is -2.14. The van der Waals surface area contributed by atoms with Crippen molar-refractivity contribution in [1.29, 1.82) is 0 Å². The van der Waals surface area contributed by atoms with Gasteiger partial charge in [0.2, 0.25) is 15.9 Å². The molecule has 0 bridgehead atoms. The Bertz CT molecular complexity index is 1170. The molecular weight excluding hydrogens is 428 g/mol.